The van der Waals surface area contributed by atoms with Gasteiger partial charge in [0.1, 0.15) is 6.04 Å². The number of hydrogen-bond acceptors (Lipinski definition) is 4. The number of hydrazine groups is 1. The van der Waals surface area contributed by atoms with Gasteiger partial charge in [-0.1, -0.05) is 42.0 Å². The van der Waals surface area contributed by atoms with Crippen molar-refractivity contribution < 1.29 is 9.59 Å². The molecule has 0 aliphatic carbocycles. The maximum Gasteiger partial charge on any atom is 0.242 e. The molecule has 3 N–H and O–H groups in total. The Hall–Kier alpha value is -2.50. The predicted octanol–water partition coefficient (Wildman–Crippen LogP) is 2.74. The van der Waals surface area contributed by atoms with Crippen LogP contribution in [0.3, 0.4) is 0 Å². The van der Waals surface area contributed by atoms with Gasteiger partial charge in [0.2, 0.25) is 5.91 Å². The Bertz CT molecular complexity index is 755. The van der Waals surface area contributed by atoms with E-state index in [0.29, 0.717) is 17.7 Å². The van der Waals surface area contributed by atoms with E-state index >= 15 is 0 Å². The maximum atomic E-state index is 12.4. The molecule has 1 aliphatic heterocycles. The minimum atomic E-state index is -0.322. The highest BCUT2D eigenvalue weighted by Gasteiger charge is 2.30. The number of ketones is 1. The largest absolute Gasteiger partial charge is 0.325 e. The van der Waals surface area contributed by atoms with Gasteiger partial charge < -0.3 is 5.32 Å². The van der Waals surface area contributed by atoms with Crippen molar-refractivity contribution >= 4 is 17.4 Å². The normalized spacial score (nSPS) is 19.9. The Morgan fingerprint density at radius 2 is 1.83 bits per heavy atom. The van der Waals surface area contributed by atoms with Crippen molar-refractivity contribution in [2.45, 2.75) is 32.4 Å². The molecule has 2 atom stereocenters. The minimum absolute atomic E-state index is 0.0220. The molecule has 2 unspecified atom stereocenters. The zero-order chi connectivity index (χ0) is 17.1. The molecule has 2 aromatic rings. The van der Waals surface area contributed by atoms with Crippen LogP contribution in [0, 0.1) is 6.92 Å². The monoisotopic (exact) mass is 323 g/mol. The Morgan fingerprint density at radius 1 is 1.08 bits per heavy atom. The number of carbonyl (C=O) groups excluding carboxylic acids is 2. The van der Waals surface area contributed by atoms with Crippen LogP contribution in [0.15, 0.2) is 48.5 Å². The second-order valence-electron chi connectivity index (χ2n) is 6.17. The highest BCUT2D eigenvalue weighted by atomic mass is 16.2. The molecule has 1 aliphatic rings. The molecule has 2 aromatic carbocycles. The van der Waals surface area contributed by atoms with Gasteiger partial charge >= 0.3 is 0 Å². The lowest BCUT2D eigenvalue weighted by atomic mass is 10.0. The predicted molar refractivity (Wildman–Crippen MR) is 93.7 cm³/mol. The van der Waals surface area contributed by atoms with E-state index < -0.39 is 0 Å². The van der Waals surface area contributed by atoms with E-state index in [1.54, 1.807) is 24.3 Å². The molecule has 5 nitrogen and oxygen atoms in total. The summed E-state index contributed by atoms with van der Waals surface area (Å²) in [5.74, 6) is -0.135. The van der Waals surface area contributed by atoms with Crippen LogP contribution in [0.4, 0.5) is 5.69 Å². The van der Waals surface area contributed by atoms with Crippen molar-refractivity contribution in [3.63, 3.8) is 0 Å². The lowest BCUT2D eigenvalue weighted by Gasteiger charge is -2.11. The second-order valence-corrected chi connectivity index (χ2v) is 6.17. The molecule has 1 fully saturated rings. The van der Waals surface area contributed by atoms with Crippen LogP contribution >= 0.6 is 0 Å². The summed E-state index contributed by atoms with van der Waals surface area (Å²) < 4.78 is 0. The Morgan fingerprint density at radius 3 is 2.54 bits per heavy atom. The Kier molecular flexibility index (Phi) is 4.74. The fraction of sp³-hybridized carbons (Fsp3) is 0.263. The van der Waals surface area contributed by atoms with Crippen molar-refractivity contribution in [2.24, 2.45) is 0 Å². The Labute approximate surface area is 141 Å². The van der Waals surface area contributed by atoms with Crippen LogP contribution in [0.25, 0.3) is 0 Å². The van der Waals surface area contributed by atoms with E-state index in [2.05, 4.69) is 47.4 Å². The summed E-state index contributed by atoms with van der Waals surface area (Å²) in [4.78, 5) is 23.9. The third-order valence-corrected chi connectivity index (χ3v) is 4.24. The average Bonchev–Trinajstić information content (AvgIpc) is 3.06. The number of aryl methyl sites for hydroxylation is 1. The van der Waals surface area contributed by atoms with E-state index in [0.717, 1.165) is 5.56 Å². The van der Waals surface area contributed by atoms with Crippen LogP contribution in [0.5, 0.6) is 0 Å². The molecule has 1 amide bonds. The summed E-state index contributed by atoms with van der Waals surface area (Å²) in [5, 5.41) is 2.87. The van der Waals surface area contributed by atoms with Crippen molar-refractivity contribution in [1.29, 1.82) is 0 Å². The Balaban J connectivity index is 1.63. The molecule has 1 heterocycles. The number of carbonyl (C=O) groups is 2. The molecule has 3 rings (SSSR count). The van der Waals surface area contributed by atoms with E-state index in [4.69, 9.17) is 0 Å². The summed E-state index contributed by atoms with van der Waals surface area (Å²) in [6, 6.07) is 15.0. The van der Waals surface area contributed by atoms with Crippen LogP contribution in [-0.4, -0.2) is 17.7 Å². The summed E-state index contributed by atoms with van der Waals surface area (Å²) in [6.07, 6.45) is 0.668. The molecule has 124 valence electrons. The zero-order valence-electron chi connectivity index (χ0n) is 13.8. The molecule has 5 heteroatoms. The summed E-state index contributed by atoms with van der Waals surface area (Å²) in [7, 11) is 0. The molecule has 0 bridgehead atoms. The summed E-state index contributed by atoms with van der Waals surface area (Å²) in [6.45, 7) is 3.56. The summed E-state index contributed by atoms with van der Waals surface area (Å²) in [5.41, 5.74) is 9.81. The van der Waals surface area contributed by atoms with Crippen molar-refractivity contribution in [3.8, 4) is 0 Å². The van der Waals surface area contributed by atoms with Crippen molar-refractivity contribution in [1.82, 2.24) is 10.9 Å². The van der Waals surface area contributed by atoms with Crippen LogP contribution in [0.1, 0.15) is 40.9 Å². The van der Waals surface area contributed by atoms with Gasteiger partial charge in [-0.05, 0) is 38.0 Å². The quantitative estimate of drug-likeness (QED) is 0.757. The number of amides is 1. The first-order valence-electron chi connectivity index (χ1n) is 8.02. The van der Waals surface area contributed by atoms with Gasteiger partial charge in [0.25, 0.3) is 0 Å². The average molecular weight is 323 g/mol. The fourth-order valence-corrected chi connectivity index (χ4v) is 2.79. The SMILES string of the molecule is CC(=O)c1cccc(NC(=O)C2CC(c3ccc(C)cc3)NN2)c1. The van der Waals surface area contributed by atoms with E-state index in [1.807, 2.05) is 0 Å². The molecular formula is C19H21N3O2. The smallest absolute Gasteiger partial charge is 0.242 e. The van der Waals surface area contributed by atoms with Gasteiger partial charge in [-0.3, -0.25) is 9.59 Å². The third kappa shape index (κ3) is 3.69. The molecular weight excluding hydrogens is 302 g/mol. The van der Waals surface area contributed by atoms with Gasteiger partial charge in [-0.2, -0.15) is 0 Å². The summed E-state index contributed by atoms with van der Waals surface area (Å²) >= 11 is 0. The lowest BCUT2D eigenvalue weighted by Crippen LogP contribution is -2.39. The molecule has 1 saturated heterocycles. The highest BCUT2D eigenvalue weighted by molar-refractivity contribution is 5.98. The molecule has 0 aromatic heterocycles. The van der Waals surface area contributed by atoms with Gasteiger partial charge in [0.15, 0.2) is 5.78 Å². The molecule has 0 spiro atoms. The fourth-order valence-electron chi connectivity index (χ4n) is 2.79. The first-order valence-corrected chi connectivity index (χ1v) is 8.02. The number of Topliss-reactive ketones (excluding diaryl/α,β-unsaturated/α-hetero) is 1. The van der Waals surface area contributed by atoms with Crippen molar-refractivity contribution in [2.75, 3.05) is 5.32 Å². The first kappa shape index (κ1) is 16.4. The molecule has 24 heavy (non-hydrogen) atoms. The van der Waals surface area contributed by atoms with Gasteiger partial charge in [0, 0.05) is 17.3 Å². The number of nitrogens with one attached hydrogen (secondary N) is 3. The standard InChI is InChI=1S/C19H21N3O2/c1-12-6-8-14(9-7-12)17-11-18(22-21-17)19(24)20-16-5-3-4-15(10-16)13(2)23/h3-10,17-18,21-22H,11H2,1-2H3,(H,20,24). The zero-order valence-corrected chi connectivity index (χ0v) is 13.8. The van der Waals surface area contributed by atoms with Gasteiger partial charge in [-0.15, -0.1) is 0 Å². The topological polar surface area (TPSA) is 70.2 Å². The van der Waals surface area contributed by atoms with E-state index in [9.17, 15) is 9.59 Å². The number of rotatable bonds is 4. The second kappa shape index (κ2) is 6.95. The number of benzene rings is 2. The number of anilines is 1. The van der Waals surface area contributed by atoms with Gasteiger partial charge in [0.05, 0.1) is 0 Å². The maximum absolute atomic E-state index is 12.4. The van der Waals surface area contributed by atoms with Crippen LogP contribution in [0.2, 0.25) is 0 Å². The van der Waals surface area contributed by atoms with Crippen molar-refractivity contribution in [3.05, 3.63) is 65.2 Å². The highest BCUT2D eigenvalue weighted by Crippen LogP contribution is 2.23. The van der Waals surface area contributed by atoms with Gasteiger partial charge in [-0.25, -0.2) is 10.9 Å². The lowest BCUT2D eigenvalue weighted by molar-refractivity contribution is -0.117. The first-order chi connectivity index (χ1) is 11.5. The number of hydrogen-bond donors (Lipinski definition) is 3. The third-order valence-electron chi connectivity index (χ3n) is 4.24. The van der Waals surface area contributed by atoms with E-state index in [-0.39, 0.29) is 23.8 Å². The van der Waals surface area contributed by atoms with Crippen LogP contribution in [-0.2, 0) is 4.79 Å². The van der Waals surface area contributed by atoms with Crippen LogP contribution < -0.4 is 16.2 Å². The minimum Gasteiger partial charge on any atom is -0.325 e. The molecule has 0 saturated carbocycles. The van der Waals surface area contributed by atoms with E-state index in [1.165, 1.54) is 12.5 Å². The molecule has 0 radical (unpaired) electrons.